The maximum Gasteiger partial charge on any atom is 0.308 e. The Bertz CT molecular complexity index is 606. The van der Waals surface area contributed by atoms with Gasteiger partial charge >= 0.3 is 5.97 Å². The molecule has 114 valence electrons. The lowest BCUT2D eigenvalue weighted by Crippen LogP contribution is -2.40. The molecule has 1 rings (SSSR count). The van der Waals surface area contributed by atoms with E-state index in [1.54, 1.807) is 0 Å². The minimum absolute atomic E-state index is 0.130. The van der Waals surface area contributed by atoms with Gasteiger partial charge in [-0.05, 0) is 13.8 Å². The number of amides is 1. The van der Waals surface area contributed by atoms with Gasteiger partial charge in [-0.15, -0.1) is 0 Å². The van der Waals surface area contributed by atoms with E-state index in [4.69, 9.17) is 28.3 Å². The van der Waals surface area contributed by atoms with Gasteiger partial charge in [-0.25, -0.2) is 0 Å². The first-order valence-corrected chi connectivity index (χ1v) is 6.57. The zero-order valence-electron chi connectivity index (χ0n) is 11.1. The highest BCUT2D eigenvalue weighted by molar-refractivity contribution is 6.44. The van der Waals surface area contributed by atoms with E-state index in [1.807, 2.05) is 0 Å². The Morgan fingerprint density at radius 3 is 2.38 bits per heavy atom. The van der Waals surface area contributed by atoms with Crippen LogP contribution in [0.5, 0.6) is 0 Å². The van der Waals surface area contributed by atoms with Crippen molar-refractivity contribution in [3.8, 4) is 0 Å². The summed E-state index contributed by atoms with van der Waals surface area (Å²) in [6, 6.07) is 1.33. The quantitative estimate of drug-likeness (QED) is 0.635. The fraction of sp³-hybridized carbons (Fsp3) is 0.333. The number of nitro benzene ring substituents is 1. The van der Waals surface area contributed by atoms with Gasteiger partial charge < -0.3 is 10.4 Å². The Kier molecular flexibility index (Phi) is 5.51. The van der Waals surface area contributed by atoms with Gasteiger partial charge in [-0.3, -0.25) is 19.7 Å². The summed E-state index contributed by atoms with van der Waals surface area (Å²) in [6.07, 6.45) is 0. The summed E-state index contributed by atoms with van der Waals surface area (Å²) in [5.41, 5.74) is -0.561. The van der Waals surface area contributed by atoms with Crippen LogP contribution in [0, 0.1) is 16.0 Å². The highest BCUT2D eigenvalue weighted by Gasteiger charge is 2.24. The van der Waals surface area contributed by atoms with Crippen LogP contribution in [0.25, 0.3) is 0 Å². The van der Waals surface area contributed by atoms with Crippen molar-refractivity contribution in [3.63, 3.8) is 0 Å². The molecule has 0 aromatic heterocycles. The summed E-state index contributed by atoms with van der Waals surface area (Å²) < 4.78 is 0. The average molecular weight is 335 g/mol. The number of carboxylic acid groups (broad SMARTS) is 1. The molecule has 0 spiro atoms. The number of aliphatic carboxylic acids is 1. The second-order valence-corrected chi connectivity index (χ2v) is 5.22. The van der Waals surface area contributed by atoms with Crippen molar-refractivity contribution in [2.45, 2.75) is 19.9 Å². The molecule has 0 radical (unpaired) electrons. The number of carboxylic acids is 1. The lowest BCUT2D eigenvalue weighted by molar-refractivity contribution is -0.384. The maximum absolute atomic E-state index is 12.1. The van der Waals surface area contributed by atoms with Gasteiger partial charge in [0.25, 0.3) is 11.6 Å². The van der Waals surface area contributed by atoms with Gasteiger partial charge in [0.05, 0.1) is 26.4 Å². The fourth-order valence-electron chi connectivity index (χ4n) is 1.47. The van der Waals surface area contributed by atoms with Gasteiger partial charge in [0.1, 0.15) is 0 Å². The van der Waals surface area contributed by atoms with Crippen molar-refractivity contribution in [2.75, 3.05) is 0 Å². The molecule has 2 atom stereocenters. The summed E-state index contributed by atoms with van der Waals surface area (Å²) in [7, 11) is 0. The predicted octanol–water partition coefficient (Wildman–Crippen LogP) is 2.74. The van der Waals surface area contributed by atoms with Crippen molar-refractivity contribution in [3.05, 3.63) is 37.9 Å². The van der Waals surface area contributed by atoms with Gasteiger partial charge in [-0.1, -0.05) is 23.2 Å². The van der Waals surface area contributed by atoms with Crippen molar-refractivity contribution >= 4 is 40.8 Å². The molecule has 9 heteroatoms. The molecular weight excluding hydrogens is 323 g/mol. The number of benzene rings is 1. The molecule has 0 saturated carbocycles. The minimum Gasteiger partial charge on any atom is -0.481 e. The summed E-state index contributed by atoms with van der Waals surface area (Å²) in [5.74, 6) is -2.64. The molecule has 0 aliphatic carbocycles. The van der Waals surface area contributed by atoms with Gasteiger partial charge in [0.2, 0.25) is 0 Å². The first kappa shape index (κ1) is 17.2. The number of rotatable bonds is 5. The number of non-ortho nitro benzene ring substituents is 1. The highest BCUT2D eigenvalue weighted by Crippen LogP contribution is 2.30. The number of hydrogen-bond donors (Lipinski definition) is 2. The van der Waals surface area contributed by atoms with Gasteiger partial charge in [0, 0.05) is 18.2 Å². The zero-order chi connectivity index (χ0) is 16.3. The second kappa shape index (κ2) is 6.73. The molecule has 21 heavy (non-hydrogen) atoms. The largest absolute Gasteiger partial charge is 0.481 e. The minimum atomic E-state index is -1.08. The Morgan fingerprint density at radius 1 is 1.33 bits per heavy atom. The predicted molar refractivity (Wildman–Crippen MR) is 76.8 cm³/mol. The van der Waals surface area contributed by atoms with E-state index in [2.05, 4.69) is 5.32 Å². The number of hydrogen-bond acceptors (Lipinski definition) is 4. The number of carbonyl (C=O) groups excluding carboxylic acids is 1. The topological polar surface area (TPSA) is 110 Å². The molecule has 0 bridgehead atoms. The number of nitro groups is 1. The standard InChI is InChI=1S/C12H12Cl2N2O5/c1-5(12(18)19)6(2)15-11(17)8-3-7(16(20)21)4-9(13)10(8)14/h3-6H,1-2H3,(H,15,17)(H,18,19). The molecule has 2 unspecified atom stereocenters. The number of nitrogens with zero attached hydrogens (tertiary/aromatic N) is 1. The molecule has 2 N–H and O–H groups in total. The van der Waals surface area contributed by atoms with Crippen LogP contribution in [-0.4, -0.2) is 27.9 Å². The first-order valence-electron chi connectivity index (χ1n) is 5.82. The monoisotopic (exact) mass is 334 g/mol. The molecule has 1 aromatic carbocycles. The van der Waals surface area contributed by atoms with Crippen LogP contribution in [0.15, 0.2) is 12.1 Å². The first-order chi connectivity index (χ1) is 9.65. The van der Waals surface area contributed by atoms with Crippen molar-refractivity contribution in [1.29, 1.82) is 0 Å². The lowest BCUT2D eigenvalue weighted by Gasteiger charge is -2.18. The smallest absolute Gasteiger partial charge is 0.308 e. The number of nitrogens with one attached hydrogen (secondary N) is 1. The molecule has 1 aromatic rings. The number of carbonyl (C=O) groups is 2. The fourth-order valence-corrected chi connectivity index (χ4v) is 1.88. The van der Waals surface area contributed by atoms with Crippen molar-refractivity contribution < 1.29 is 19.6 Å². The third-order valence-electron chi connectivity index (χ3n) is 2.97. The van der Waals surface area contributed by atoms with E-state index in [-0.39, 0.29) is 21.3 Å². The van der Waals surface area contributed by atoms with E-state index < -0.39 is 28.8 Å². The zero-order valence-corrected chi connectivity index (χ0v) is 12.6. The third-order valence-corrected chi connectivity index (χ3v) is 3.77. The van der Waals surface area contributed by atoms with E-state index in [0.29, 0.717) is 0 Å². The van der Waals surface area contributed by atoms with Crippen LogP contribution in [0.3, 0.4) is 0 Å². The van der Waals surface area contributed by atoms with Crippen LogP contribution in [0.4, 0.5) is 5.69 Å². The number of halogens is 2. The van der Waals surface area contributed by atoms with Crippen molar-refractivity contribution in [2.24, 2.45) is 5.92 Å². The van der Waals surface area contributed by atoms with Crippen LogP contribution >= 0.6 is 23.2 Å². The molecule has 0 aliphatic heterocycles. The molecule has 0 aliphatic rings. The van der Waals surface area contributed by atoms with E-state index in [9.17, 15) is 19.7 Å². The van der Waals surface area contributed by atoms with Crippen LogP contribution in [0.1, 0.15) is 24.2 Å². The summed E-state index contributed by atoms with van der Waals surface area (Å²) >= 11 is 11.6. The van der Waals surface area contributed by atoms with Gasteiger partial charge in [0.15, 0.2) is 0 Å². The van der Waals surface area contributed by atoms with Crippen molar-refractivity contribution in [1.82, 2.24) is 5.32 Å². The molecule has 0 fully saturated rings. The van der Waals surface area contributed by atoms with E-state index in [1.165, 1.54) is 13.8 Å². The lowest BCUT2D eigenvalue weighted by atomic mass is 10.0. The van der Waals surface area contributed by atoms with Crippen LogP contribution < -0.4 is 5.32 Å². The molecular formula is C12H12Cl2N2O5. The van der Waals surface area contributed by atoms with E-state index in [0.717, 1.165) is 12.1 Å². The summed E-state index contributed by atoms with van der Waals surface area (Å²) in [6.45, 7) is 2.93. The molecule has 0 heterocycles. The van der Waals surface area contributed by atoms with E-state index >= 15 is 0 Å². The molecule has 7 nitrogen and oxygen atoms in total. The maximum atomic E-state index is 12.1. The second-order valence-electron chi connectivity index (χ2n) is 4.44. The highest BCUT2D eigenvalue weighted by atomic mass is 35.5. The Balaban J connectivity index is 3.07. The summed E-state index contributed by atoms with van der Waals surface area (Å²) in [4.78, 5) is 32.9. The Hall–Kier alpha value is -1.86. The average Bonchev–Trinajstić information content (AvgIpc) is 2.39. The van der Waals surface area contributed by atoms with Crippen LogP contribution in [0.2, 0.25) is 10.0 Å². The summed E-state index contributed by atoms with van der Waals surface area (Å²) in [5, 5.41) is 21.8. The SMILES string of the molecule is CC(NC(=O)c1cc([N+](=O)[O-])cc(Cl)c1Cl)C(C)C(=O)O. The molecule has 0 saturated heterocycles. The Morgan fingerprint density at radius 2 is 1.90 bits per heavy atom. The third kappa shape index (κ3) is 4.05. The normalized spacial score (nSPS) is 13.3. The van der Waals surface area contributed by atoms with Gasteiger partial charge in [-0.2, -0.15) is 0 Å². The molecule has 1 amide bonds. The van der Waals surface area contributed by atoms with Crippen LogP contribution in [-0.2, 0) is 4.79 Å². The Labute approximate surface area is 130 Å².